The molecule has 2 N–H and O–H groups in total. The van der Waals surface area contributed by atoms with Gasteiger partial charge in [0.15, 0.2) is 11.5 Å². The maximum Gasteiger partial charge on any atom is 0.161 e. The fourth-order valence-electron chi connectivity index (χ4n) is 5.17. The van der Waals surface area contributed by atoms with Crippen LogP contribution in [0.4, 0.5) is 0 Å². The third kappa shape index (κ3) is 2.39. The van der Waals surface area contributed by atoms with Crippen molar-refractivity contribution in [2.45, 2.75) is 31.5 Å². The van der Waals surface area contributed by atoms with E-state index in [1.54, 1.807) is 21.3 Å². The number of rotatable bonds is 3. The monoisotopic (exact) mass is 378 g/mol. The van der Waals surface area contributed by atoms with Crippen LogP contribution in [0.5, 0.6) is 17.2 Å². The van der Waals surface area contributed by atoms with Crippen molar-refractivity contribution in [1.82, 2.24) is 4.90 Å². The molecule has 0 aromatic heterocycles. The molecule has 1 fully saturated rings. The summed E-state index contributed by atoms with van der Waals surface area (Å²) >= 11 is 0. The Kier molecular flexibility index (Phi) is 4.11. The van der Waals surface area contributed by atoms with Gasteiger partial charge in [-0.15, -0.1) is 0 Å². The minimum atomic E-state index is 0.0136. The van der Waals surface area contributed by atoms with Gasteiger partial charge in [-0.2, -0.15) is 0 Å². The molecule has 3 aromatic rings. The third-order valence-corrected chi connectivity index (χ3v) is 6.50. The van der Waals surface area contributed by atoms with Crippen molar-refractivity contribution in [2.24, 2.45) is 5.73 Å². The fraction of sp³-hybridized carbons (Fsp3) is 0.391. The van der Waals surface area contributed by atoms with Gasteiger partial charge in [0, 0.05) is 18.6 Å². The lowest BCUT2D eigenvalue weighted by molar-refractivity contribution is 0.200. The largest absolute Gasteiger partial charge is 0.497 e. The second-order valence-electron chi connectivity index (χ2n) is 7.76. The number of fused-ring (bicyclic) bond motifs is 7. The van der Waals surface area contributed by atoms with Crippen molar-refractivity contribution in [3.8, 4) is 17.2 Å². The molecule has 0 spiro atoms. The van der Waals surface area contributed by atoms with Gasteiger partial charge >= 0.3 is 0 Å². The van der Waals surface area contributed by atoms with Gasteiger partial charge in [-0.3, -0.25) is 4.90 Å². The Morgan fingerprint density at radius 3 is 2.32 bits per heavy atom. The van der Waals surface area contributed by atoms with E-state index in [0.717, 1.165) is 41.1 Å². The van der Waals surface area contributed by atoms with Crippen molar-refractivity contribution in [3.63, 3.8) is 0 Å². The van der Waals surface area contributed by atoms with Crippen LogP contribution in [0.3, 0.4) is 0 Å². The lowest BCUT2D eigenvalue weighted by Crippen LogP contribution is -2.42. The van der Waals surface area contributed by atoms with Crippen LogP contribution in [0.1, 0.15) is 30.0 Å². The van der Waals surface area contributed by atoms with E-state index in [2.05, 4.69) is 29.2 Å². The van der Waals surface area contributed by atoms with Gasteiger partial charge in [-0.25, -0.2) is 0 Å². The average Bonchev–Trinajstić information content (AvgIpc) is 3.21. The molecule has 5 nitrogen and oxygen atoms in total. The lowest BCUT2D eigenvalue weighted by Gasteiger charge is -2.38. The highest BCUT2D eigenvalue weighted by atomic mass is 16.5. The Morgan fingerprint density at radius 1 is 0.893 bits per heavy atom. The molecule has 2 aliphatic heterocycles. The van der Waals surface area contributed by atoms with Gasteiger partial charge in [0.25, 0.3) is 0 Å². The maximum absolute atomic E-state index is 6.86. The zero-order valence-electron chi connectivity index (χ0n) is 16.6. The van der Waals surface area contributed by atoms with E-state index < -0.39 is 0 Å². The summed E-state index contributed by atoms with van der Waals surface area (Å²) < 4.78 is 16.7. The molecule has 5 heteroatoms. The van der Waals surface area contributed by atoms with Crippen LogP contribution in [0.15, 0.2) is 30.3 Å². The number of methoxy groups -OCH3 is 3. The smallest absolute Gasteiger partial charge is 0.161 e. The molecule has 146 valence electrons. The molecule has 3 aromatic carbocycles. The zero-order chi connectivity index (χ0) is 19.4. The van der Waals surface area contributed by atoms with E-state index in [-0.39, 0.29) is 6.04 Å². The Balaban J connectivity index is 1.91. The molecule has 28 heavy (non-hydrogen) atoms. The first kappa shape index (κ1) is 17.6. The second-order valence-corrected chi connectivity index (χ2v) is 7.76. The average molecular weight is 378 g/mol. The Morgan fingerprint density at radius 2 is 1.61 bits per heavy atom. The summed E-state index contributed by atoms with van der Waals surface area (Å²) in [5.74, 6) is 2.32. The molecule has 0 unspecified atom stereocenters. The predicted octanol–water partition coefficient (Wildman–Crippen LogP) is 4.00. The highest BCUT2D eigenvalue weighted by Gasteiger charge is 2.38. The molecule has 5 rings (SSSR count). The minimum absolute atomic E-state index is 0.0136. The highest BCUT2D eigenvalue weighted by molar-refractivity contribution is 6.12. The summed E-state index contributed by atoms with van der Waals surface area (Å²) in [4.78, 5) is 2.54. The molecule has 0 amide bonds. The summed E-state index contributed by atoms with van der Waals surface area (Å²) in [5.41, 5.74) is 9.45. The van der Waals surface area contributed by atoms with Gasteiger partial charge in [-0.1, -0.05) is 6.07 Å². The predicted molar refractivity (Wildman–Crippen MR) is 111 cm³/mol. The summed E-state index contributed by atoms with van der Waals surface area (Å²) in [6.45, 7) is 2.05. The lowest BCUT2D eigenvalue weighted by atomic mass is 9.82. The normalized spacial score (nSPS) is 21.6. The molecular formula is C23H26N2O3. The number of ether oxygens (including phenoxy) is 3. The highest BCUT2D eigenvalue weighted by Crippen LogP contribution is 2.46. The summed E-state index contributed by atoms with van der Waals surface area (Å²) in [6.07, 6.45) is 2.38. The molecule has 2 atom stereocenters. The first-order chi connectivity index (χ1) is 13.7. The van der Waals surface area contributed by atoms with Crippen LogP contribution in [-0.2, 0) is 6.54 Å². The molecule has 1 saturated heterocycles. The standard InChI is InChI=1S/C23H26N2O3/c1-26-13-6-7-14-15(9-13)16-10-20(27-2)21(28-3)11-17(16)18-12-25-8-4-5-19(25)23(24)22(14)18/h6-7,9-11,19,23H,4-5,8,12,24H2,1-3H3/t19-,23+/m0/s1. The molecule has 0 radical (unpaired) electrons. The fourth-order valence-corrected chi connectivity index (χ4v) is 5.17. The first-order valence-corrected chi connectivity index (χ1v) is 9.84. The molecular weight excluding hydrogens is 352 g/mol. The molecule has 0 saturated carbocycles. The number of nitrogens with zero attached hydrogens (tertiary/aromatic N) is 1. The zero-order valence-corrected chi connectivity index (χ0v) is 16.6. The molecule has 0 aliphatic carbocycles. The topological polar surface area (TPSA) is 57.0 Å². The van der Waals surface area contributed by atoms with E-state index in [1.165, 1.54) is 34.7 Å². The Hall–Kier alpha value is -2.50. The minimum Gasteiger partial charge on any atom is -0.497 e. The van der Waals surface area contributed by atoms with Crippen LogP contribution < -0.4 is 19.9 Å². The molecule has 0 bridgehead atoms. The summed E-state index contributed by atoms with van der Waals surface area (Å²) in [7, 11) is 5.06. The van der Waals surface area contributed by atoms with E-state index in [9.17, 15) is 0 Å². The van der Waals surface area contributed by atoms with Crippen molar-refractivity contribution in [3.05, 3.63) is 41.5 Å². The van der Waals surface area contributed by atoms with Crippen LogP contribution in [0.2, 0.25) is 0 Å². The van der Waals surface area contributed by atoms with Gasteiger partial charge in [0.2, 0.25) is 0 Å². The maximum atomic E-state index is 6.86. The van der Waals surface area contributed by atoms with E-state index >= 15 is 0 Å². The van der Waals surface area contributed by atoms with Crippen LogP contribution >= 0.6 is 0 Å². The Bertz CT molecular complexity index is 1080. The third-order valence-electron chi connectivity index (χ3n) is 6.50. The van der Waals surface area contributed by atoms with Crippen LogP contribution in [0.25, 0.3) is 21.5 Å². The van der Waals surface area contributed by atoms with Crippen molar-refractivity contribution >= 4 is 21.5 Å². The number of nitrogens with two attached hydrogens (primary N) is 1. The van der Waals surface area contributed by atoms with Gasteiger partial charge in [0.05, 0.1) is 21.3 Å². The molecule has 2 heterocycles. The number of benzene rings is 3. The van der Waals surface area contributed by atoms with Crippen molar-refractivity contribution in [2.75, 3.05) is 27.9 Å². The first-order valence-electron chi connectivity index (χ1n) is 9.84. The summed E-state index contributed by atoms with van der Waals surface area (Å²) in [5, 5.41) is 4.70. The van der Waals surface area contributed by atoms with Gasteiger partial charge in [0.1, 0.15) is 5.75 Å². The molecule has 2 aliphatic rings. The quantitative estimate of drug-likeness (QED) is 0.698. The van der Waals surface area contributed by atoms with Crippen molar-refractivity contribution < 1.29 is 14.2 Å². The van der Waals surface area contributed by atoms with E-state index in [4.69, 9.17) is 19.9 Å². The number of hydrogen-bond donors (Lipinski definition) is 1. The van der Waals surface area contributed by atoms with E-state index in [0.29, 0.717) is 6.04 Å². The van der Waals surface area contributed by atoms with Gasteiger partial charge < -0.3 is 19.9 Å². The van der Waals surface area contributed by atoms with Crippen LogP contribution in [0, 0.1) is 0 Å². The van der Waals surface area contributed by atoms with E-state index in [1.807, 2.05) is 6.07 Å². The SMILES string of the molecule is COc1ccc2c3c(c4cc(OC)c(OC)cc4c2c1)CN1CCC[C@H]1[C@H]3N. The van der Waals surface area contributed by atoms with Gasteiger partial charge in [-0.05, 0) is 76.3 Å². The summed E-state index contributed by atoms with van der Waals surface area (Å²) in [6, 6.07) is 10.9. The Labute approximate surface area is 165 Å². The van der Waals surface area contributed by atoms with Crippen molar-refractivity contribution in [1.29, 1.82) is 0 Å². The second kappa shape index (κ2) is 6.54. The van der Waals surface area contributed by atoms with Crippen LogP contribution in [-0.4, -0.2) is 38.8 Å². The number of hydrogen-bond acceptors (Lipinski definition) is 5.